The zero-order valence-corrected chi connectivity index (χ0v) is 12.5. The number of hydrogen-bond acceptors (Lipinski definition) is 6. The molecule has 0 spiro atoms. The molecule has 1 aromatic rings. The molecule has 19 heavy (non-hydrogen) atoms. The van der Waals surface area contributed by atoms with Crippen LogP contribution in [0.1, 0.15) is 29.2 Å². The lowest BCUT2D eigenvalue weighted by Gasteiger charge is -2.16. The number of anilines is 1. The van der Waals surface area contributed by atoms with Gasteiger partial charge in [-0.25, -0.2) is 9.78 Å². The first-order chi connectivity index (χ1) is 9.01. The van der Waals surface area contributed by atoms with E-state index in [9.17, 15) is 9.59 Å². The van der Waals surface area contributed by atoms with Crippen LogP contribution in [0, 0.1) is 6.92 Å². The number of amides is 1. The summed E-state index contributed by atoms with van der Waals surface area (Å²) in [4.78, 5) is 29.8. The monoisotopic (exact) mass is 285 g/mol. The fourth-order valence-electron chi connectivity index (χ4n) is 1.54. The van der Waals surface area contributed by atoms with E-state index < -0.39 is 5.97 Å². The number of nitrogens with zero attached hydrogens (tertiary/aromatic N) is 2. The topological polar surface area (TPSA) is 71.5 Å². The molecule has 7 heteroatoms. The standard InChI is InChI=1S/C12H19N3O3S/c1-5-15(6-2)7-9(16)14-12-13-8(3)10(19-12)11(17)18-4/h5-7H2,1-4H3,(H,13,14,16). The molecule has 1 rings (SSSR count). The van der Waals surface area contributed by atoms with Crippen molar-refractivity contribution in [3.05, 3.63) is 10.6 Å². The quantitative estimate of drug-likeness (QED) is 0.802. The van der Waals surface area contributed by atoms with Crippen molar-refractivity contribution in [3.8, 4) is 0 Å². The maximum Gasteiger partial charge on any atom is 0.350 e. The summed E-state index contributed by atoms with van der Waals surface area (Å²) in [6.07, 6.45) is 0. The summed E-state index contributed by atoms with van der Waals surface area (Å²) in [5, 5.41) is 3.13. The number of aryl methyl sites for hydroxylation is 1. The van der Waals surface area contributed by atoms with Crippen molar-refractivity contribution in [2.75, 3.05) is 32.1 Å². The third kappa shape index (κ3) is 4.29. The van der Waals surface area contributed by atoms with Crippen LogP contribution < -0.4 is 5.32 Å². The van der Waals surface area contributed by atoms with Crippen molar-refractivity contribution in [3.63, 3.8) is 0 Å². The second-order valence-corrected chi connectivity index (χ2v) is 4.93. The zero-order valence-electron chi connectivity index (χ0n) is 11.6. The largest absolute Gasteiger partial charge is 0.465 e. The Labute approximate surface area is 116 Å². The van der Waals surface area contributed by atoms with Gasteiger partial charge in [0, 0.05) is 0 Å². The molecular formula is C12H19N3O3S. The van der Waals surface area contributed by atoms with Crippen LogP contribution in [0.15, 0.2) is 0 Å². The van der Waals surface area contributed by atoms with Gasteiger partial charge in [0.05, 0.1) is 19.3 Å². The Morgan fingerprint density at radius 1 is 1.37 bits per heavy atom. The third-order valence-electron chi connectivity index (χ3n) is 2.68. The fourth-order valence-corrected chi connectivity index (χ4v) is 2.44. The Bertz CT molecular complexity index is 455. The Kier molecular flexibility index (Phi) is 5.91. The predicted octanol–water partition coefficient (Wildman–Crippen LogP) is 1.52. The van der Waals surface area contributed by atoms with Crippen LogP contribution in [0.3, 0.4) is 0 Å². The SMILES string of the molecule is CCN(CC)CC(=O)Nc1nc(C)c(C(=O)OC)s1. The van der Waals surface area contributed by atoms with E-state index in [4.69, 9.17) is 0 Å². The van der Waals surface area contributed by atoms with Crippen molar-refractivity contribution in [2.45, 2.75) is 20.8 Å². The molecule has 0 bridgehead atoms. The summed E-state index contributed by atoms with van der Waals surface area (Å²) in [6, 6.07) is 0. The van der Waals surface area contributed by atoms with Gasteiger partial charge >= 0.3 is 5.97 Å². The van der Waals surface area contributed by atoms with E-state index in [1.807, 2.05) is 18.7 Å². The van der Waals surface area contributed by atoms with Crippen LogP contribution >= 0.6 is 11.3 Å². The van der Waals surface area contributed by atoms with Crippen LogP contribution in [-0.2, 0) is 9.53 Å². The number of hydrogen-bond donors (Lipinski definition) is 1. The maximum atomic E-state index is 11.8. The highest BCUT2D eigenvalue weighted by Gasteiger charge is 2.17. The Morgan fingerprint density at radius 3 is 2.53 bits per heavy atom. The first kappa shape index (κ1) is 15.6. The zero-order chi connectivity index (χ0) is 14.4. The second-order valence-electron chi connectivity index (χ2n) is 3.93. The third-order valence-corrected chi connectivity index (χ3v) is 3.73. The first-order valence-electron chi connectivity index (χ1n) is 6.09. The van der Waals surface area contributed by atoms with Gasteiger partial charge in [-0.3, -0.25) is 9.69 Å². The minimum Gasteiger partial charge on any atom is -0.465 e. The van der Waals surface area contributed by atoms with E-state index in [1.165, 1.54) is 7.11 Å². The molecule has 0 aliphatic heterocycles. The average Bonchev–Trinajstić information content (AvgIpc) is 2.75. The van der Waals surface area contributed by atoms with Gasteiger partial charge < -0.3 is 10.1 Å². The highest BCUT2D eigenvalue weighted by molar-refractivity contribution is 7.17. The molecule has 0 fully saturated rings. The van der Waals surface area contributed by atoms with E-state index >= 15 is 0 Å². The molecule has 0 radical (unpaired) electrons. The van der Waals surface area contributed by atoms with Gasteiger partial charge in [0.15, 0.2) is 5.13 Å². The number of likely N-dealkylation sites (N-methyl/N-ethyl adjacent to an activating group) is 1. The molecule has 0 unspecified atom stereocenters. The van der Waals surface area contributed by atoms with Crippen molar-refractivity contribution in [2.24, 2.45) is 0 Å². The molecule has 0 saturated carbocycles. The Balaban J connectivity index is 2.67. The van der Waals surface area contributed by atoms with Crippen molar-refractivity contribution >= 4 is 28.3 Å². The lowest BCUT2D eigenvalue weighted by Crippen LogP contribution is -2.32. The number of methoxy groups -OCH3 is 1. The van der Waals surface area contributed by atoms with Gasteiger partial charge in [-0.15, -0.1) is 0 Å². The van der Waals surface area contributed by atoms with Crippen LogP contribution in [0.5, 0.6) is 0 Å². The second kappa shape index (κ2) is 7.20. The molecule has 1 aromatic heterocycles. The van der Waals surface area contributed by atoms with Gasteiger partial charge in [0.1, 0.15) is 4.88 Å². The molecule has 1 N–H and O–H groups in total. The van der Waals surface area contributed by atoms with Gasteiger partial charge in [-0.05, 0) is 20.0 Å². The van der Waals surface area contributed by atoms with Crippen molar-refractivity contribution in [1.29, 1.82) is 0 Å². The Hall–Kier alpha value is -1.47. The number of aromatic nitrogens is 1. The minimum atomic E-state index is -0.431. The molecule has 0 aliphatic rings. The highest BCUT2D eigenvalue weighted by Crippen LogP contribution is 2.23. The minimum absolute atomic E-state index is 0.131. The number of thiazole rings is 1. The highest BCUT2D eigenvalue weighted by atomic mass is 32.1. The summed E-state index contributed by atoms with van der Waals surface area (Å²) in [5.74, 6) is -0.562. The van der Waals surface area contributed by atoms with E-state index in [2.05, 4.69) is 15.0 Å². The van der Waals surface area contributed by atoms with Crippen LogP contribution in [0.2, 0.25) is 0 Å². The molecule has 1 heterocycles. The lowest BCUT2D eigenvalue weighted by molar-refractivity contribution is -0.117. The molecule has 0 aromatic carbocycles. The first-order valence-corrected chi connectivity index (χ1v) is 6.91. The number of nitrogens with one attached hydrogen (secondary N) is 1. The molecule has 1 amide bonds. The smallest absolute Gasteiger partial charge is 0.350 e. The van der Waals surface area contributed by atoms with Gasteiger partial charge in [-0.2, -0.15) is 0 Å². The van der Waals surface area contributed by atoms with E-state index in [0.717, 1.165) is 24.4 Å². The van der Waals surface area contributed by atoms with Crippen LogP contribution in [0.4, 0.5) is 5.13 Å². The van der Waals surface area contributed by atoms with Gasteiger partial charge in [0.2, 0.25) is 5.91 Å². The molecule has 0 aliphatic carbocycles. The Morgan fingerprint density at radius 2 is 2.00 bits per heavy atom. The lowest BCUT2D eigenvalue weighted by atomic mass is 10.4. The van der Waals surface area contributed by atoms with Crippen molar-refractivity contribution in [1.82, 2.24) is 9.88 Å². The van der Waals surface area contributed by atoms with E-state index in [0.29, 0.717) is 22.2 Å². The molecule has 0 atom stereocenters. The number of carbonyl (C=O) groups is 2. The number of carbonyl (C=O) groups excluding carboxylic acids is 2. The maximum absolute atomic E-state index is 11.8. The summed E-state index contributed by atoms with van der Waals surface area (Å²) < 4.78 is 4.65. The summed E-state index contributed by atoms with van der Waals surface area (Å²) in [6.45, 7) is 7.66. The number of rotatable bonds is 6. The molecule has 0 saturated heterocycles. The molecule has 106 valence electrons. The van der Waals surface area contributed by atoms with Crippen LogP contribution in [0.25, 0.3) is 0 Å². The van der Waals surface area contributed by atoms with E-state index in [-0.39, 0.29) is 5.91 Å². The predicted molar refractivity (Wildman–Crippen MR) is 74.6 cm³/mol. The molecular weight excluding hydrogens is 266 g/mol. The number of ether oxygens (including phenoxy) is 1. The van der Waals surface area contributed by atoms with E-state index in [1.54, 1.807) is 6.92 Å². The average molecular weight is 285 g/mol. The summed E-state index contributed by atoms with van der Waals surface area (Å²) >= 11 is 1.13. The summed E-state index contributed by atoms with van der Waals surface area (Å²) in [5.41, 5.74) is 0.565. The van der Waals surface area contributed by atoms with Gasteiger partial charge in [0.25, 0.3) is 0 Å². The van der Waals surface area contributed by atoms with Gasteiger partial charge in [-0.1, -0.05) is 25.2 Å². The molecule has 6 nitrogen and oxygen atoms in total. The van der Waals surface area contributed by atoms with Crippen molar-refractivity contribution < 1.29 is 14.3 Å². The number of esters is 1. The summed E-state index contributed by atoms with van der Waals surface area (Å²) in [7, 11) is 1.32. The normalized spacial score (nSPS) is 10.6. The fraction of sp³-hybridized carbons (Fsp3) is 0.583. The van der Waals surface area contributed by atoms with Crippen LogP contribution in [-0.4, -0.2) is 48.5 Å².